The fourth-order valence-electron chi connectivity index (χ4n) is 2.56. The molecule has 0 atom stereocenters. The van der Waals surface area contributed by atoms with E-state index in [4.69, 9.17) is 14.2 Å². The molecule has 0 fully saturated rings. The van der Waals surface area contributed by atoms with Gasteiger partial charge in [-0.25, -0.2) is 0 Å². The lowest BCUT2D eigenvalue weighted by Crippen LogP contribution is -2.33. The van der Waals surface area contributed by atoms with Gasteiger partial charge in [-0.1, -0.05) is 19.1 Å². The van der Waals surface area contributed by atoms with Crippen LogP contribution < -0.4 is 24.8 Å². The molecule has 0 aromatic heterocycles. The number of hydrogen-bond donors (Lipinski definition) is 2. The first-order valence-electron chi connectivity index (χ1n) is 9.78. The van der Waals surface area contributed by atoms with Crippen molar-refractivity contribution in [2.45, 2.75) is 27.2 Å². The number of benzene rings is 2. The van der Waals surface area contributed by atoms with E-state index in [2.05, 4.69) is 10.6 Å². The average Bonchev–Trinajstić information content (AvgIpc) is 2.73. The van der Waals surface area contributed by atoms with Gasteiger partial charge in [0.15, 0.2) is 11.5 Å². The Kier molecular flexibility index (Phi) is 8.82. The van der Waals surface area contributed by atoms with Crippen LogP contribution in [-0.4, -0.2) is 38.2 Å². The number of amides is 2. The second kappa shape index (κ2) is 11.6. The molecule has 7 heteroatoms. The largest absolute Gasteiger partial charge is 0.491 e. The van der Waals surface area contributed by atoms with E-state index in [1.54, 1.807) is 30.3 Å². The summed E-state index contributed by atoms with van der Waals surface area (Å²) in [6.45, 7) is 7.08. The standard InChI is InChI=1S/C22H28N2O5/c1-4-13-29-18-10-8-7-9-17(18)24-21(25)15-23-22(26)16-11-12-19(27-5-2)20(14-16)28-6-3/h7-12,14H,4-6,13,15H2,1-3H3,(H,23,26)(H,24,25). The fourth-order valence-corrected chi connectivity index (χ4v) is 2.56. The zero-order chi connectivity index (χ0) is 21.1. The molecule has 2 aromatic carbocycles. The van der Waals surface area contributed by atoms with Gasteiger partial charge >= 0.3 is 0 Å². The van der Waals surface area contributed by atoms with Gasteiger partial charge in [-0.3, -0.25) is 9.59 Å². The normalized spacial score (nSPS) is 10.2. The zero-order valence-corrected chi connectivity index (χ0v) is 17.1. The van der Waals surface area contributed by atoms with Gasteiger partial charge in [0, 0.05) is 5.56 Å². The quantitative estimate of drug-likeness (QED) is 0.601. The number of rotatable bonds is 11. The lowest BCUT2D eigenvalue weighted by molar-refractivity contribution is -0.115. The lowest BCUT2D eigenvalue weighted by atomic mass is 10.2. The SMILES string of the molecule is CCCOc1ccccc1NC(=O)CNC(=O)c1ccc(OCC)c(OCC)c1. The van der Waals surface area contributed by atoms with Crippen LogP contribution in [0.4, 0.5) is 5.69 Å². The number of carbonyl (C=O) groups excluding carboxylic acids is 2. The highest BCUT2D eigenvalue weighted by molar-refractivity contribution is 6.00. The molecule has 2 amide bonds. The molecule has 156 valence electrons. The van der Waals surface area contributed by atoms with E-state index in [0.29, 0.717) is 48.3 Å². The van der Waals surface area contributed by atoms with Crippen LogP contribution in [-0.2, 0) is 4.79 Å². The topological polar surface area (TPSA) is 85.9 Å². The molecule has 2 rings (SSSR count). The van der Waals surface area contributed by atoms with Crippen molar-refractivity contribution in [2.24, 2.45) is 0 Å². The summed E-state index contributed by atoms with van der Waals surface area (Å²) >= 11 is 0. The van der Waals surface area contributed by atoms with Gasteiger partial charge in [-0.05, 0) is 50.6 Å². The van der Waals surface area contributed by atoms with Gasteiger partial charge < -0.3 is 24.8 Å². The van der Waals surface area contributed by atoms with Crippen LogP contribution in [0, 0.1) is 0 Å². The summed E-state index contributed by atoms with van der Waals surface area (Å²) in [4.78, 5) is 24.7. The maximum Gasteiger partial charge on any atom is 0.251 e. The molecular formula is C22H28N2O5. The van der Waals surface area contributed by atoms with Crippen LogP contribution >= 0.6 is 0 Å². The molecule has 0 saturated carbocycles. The summed E-state index contributed by atoms with van der Waals surface area (Å²) < 4.78 is 16.6. The van der Waals surface area contributed by atoms with E-state index in [1.807, 2.05) is 32.9 Å². The Hall–Kier alpha value is -3.22. The minimum Gasteiger partial charge on any atom is -0.491 e. The monoisotopic (exact) mass is 400 g/mol. The van der Waals surface area contributed by atoms with E-state index >= 15 is 0 Å². The number of anilines is 1. The third-order valence-electron chi connectivity index (χ3n) is 3.84. The molecule has 0 spiro atoms. The third kappa shape index (κ3) is 6.71. The van der Waals surface area contributed by atoms with Crippen molar-refractivity contribution in [1.82, 2.24) is 5.32 Å². The maximum atomic E-state index is 12.4. The highest BCUT2D eigenvalue weighted by Crippen LogP contribution is 2.28. The van der Waals surface area contributed by atoms with Crippen molar-refractivity contribution < 1.29 is 23.8 Å². The van der Waals surface area contributed by atoms with Crippen LogP contribution in [0.15, 0.2) is 42.5 Å². The van der Waals surface area contributed by atoms with Crippen molar-refractivity contribution in [3.05, 3.63) is 48.0 Å². The Morgan fingerprint density at radius 1 is 0.862 bits per heavy atom. The van der Waals surface area contributed by atoms with Crippen molar-refractivity contribution >= 4 is 17.5 Å². The van der Waals surface area contributed by atoms with Gasteiger partial charge in [0.05, 0.1) is 32.1 Å². The van der Waals surface area contributed by atoms with Crippen molar-refractivity contribution in [3.8, 4) is 17.2 Å². The number of hydrogen-bond acceptors (Lipinski definition) is 5. The summed E-state index contributed by atoms with van der Waals surface area (Å²) in [6.07, 6.45) is 0.865. The summed E-state index contributed by atoms with van der Waals surface area (Å²) in [5.41, 5.74) is 0.955. The Balaban J connectivity index is 1.97. The lowest BCUT2D eigenvalue weighted by Gasteiger charge is -2.13. The Bertz CT molecular complexity index is 823. The van der Waals surface area contributed by atoms with Crippen molar-refractivity contribution in [3.63, 3.8) is 0 Å². The van der Waals surface area contributed by atoms with Crippen LogP contribution in [0.5, 0.6) is 17.2 Å². The zero-order valence-electron chi connectivity index (χ0n) is 17.1. The Morgan fingerprint density at radius 3 is 2.31 bits per heavy atom. The molecule has 2 N–H and O–H groups in total. The highest BCUT2D eigenvalue weighted by Gasteiger charge is 2.13. The average molecular weight is 400 g/mol. The van der Waals surface area contributed by atoms with E-state index in [-0.39, 0.29) is 18.4 Å². The van der Waals surface area contributed by atoms with Gasteiger partial charge in [0.25, 0.3) is 5.91 Å². The van der Waals surface area contributed by atoms with Crippen LogP contribution in [0.1, 0.15) is 37.6 Å². The molecule has 7 nitrogen and oxygen atoms in total. The summed E-state index contributed by atoms with van der Waals surface area (Å²) in [5, 5.41) is 5.37. The highest BCUT2D eigenvalue weighted by atomic mass is 16.5. The molecule has 29 heavy (non-hydrogen) atoms. The molecule has 0 aliphatic heterocycles. The molecule has 0 radical (unpaired) electrons. The molecular weight excluding hydrogens is 372 g/mol. The second-order valence-corrected chi connectivity index (χ2v) is 6.10. The van der Waals surface area contributed by atoms with Crippen molar-refractivity contribution in [1.29, 1.82) is 0 Å². The van der Waals surface area contributed by atoms with Crippen LogP contribution in [0.3, 0.4) is 0 Å². The van der Waals surface area contributed by atoms with E-state index in [1.165, 1.54) is 0 Å². The minimum absolute atomic E-state index is 0.169. The third-order valence-corrected chi connectivity index (χ3v) is 3.84. The summed E-state index contributed by atoms with van der Waals surface area (Å²) in [7, 11) is 0. The molecule has 2 aromatic rings. The Labute approximate surface area is 171 Å². The number of ether oxygens (including phenoxy) is 3. The van der Waals surface area contributed by atoms with Crippen molar-refractivity contribution in [2.75, 3.05) is 31.7 Å². The summed E-state index contributed by atoms with van der Waals surface area (Å²) in [6, 6.07) is 12.1. The summed E-state index contributed by atoms with van der Waals surface area (Å²) in [5.74, 6) is 0.948. The van der Waals surface area contributed by atoms with Gasteiger partial charge in [-0.2, -0.15) is 0 Å². The molecule has 0 unspecified atom stereocenters. The first-order chi connectivity index (χ1) is 14.1. The van der Waals surface area contributed by atoms with E-state index < -0.39 is 0 Å². The fraction of sp³-hybridized carbons (Fsp3) is 0.364. The van der Waals surface area contributed by atoms with E-state index in [0.717, 1.165) is 6.42 Å². The molecule has 0 aliphatic rings. The smallest absolute Gasteiger partial charge is 0.251 e. The molecule has 0 bridgehead atoms. The second-order valence-electron chi connectivity index (χ2n) is 6.10. The van der Waals surface area contributed by atoms with Crippen LogP contribution in [0.2, 0.25) is 0 Å². The minimum atomic E-state index is -0.375. The molecule has 0 heterocycles. The van der Waals surface area contributed by atoms with E-state index in [9.17, 15) is 9.59 Å². The number of carbonyl (C=O) groups is 2. The van der Waals surface area contributed by atoms with Crippen LogP contribution in [0.25, 0.3) is 0 Å². The number of nitrogens with one attached hydrogen (secondary N) is 2. The first kappa shape index (κ1) is 22.1. The predicted octanol–water partition coefficient (Wildman–Crippen LogP) is 3.64. The first-order valence-corrected chi connectivity index (χ1v) is 9.78. The predicted molar refractivity (Wildman–Crippen MR) is 112 cm³/mol. The van der Waals surface area contributed by atoms with Gasteiger partial charge in [0.1, 0.15) is 5.75 Å². The van der Waals surface area contributed by atoms with Gasteiger partial charge in [-0.15, -0.1) is 0 Å². The molecule has 0 saturated heterocycles. The maximum absolute atomic E-state index is 12.4. The Morgan fingerprint density at radius 2 is 1.59 bits per heavy atom. The molecule has 0 aliphatic carbocycles. The number of para-hydroxylation sites is 2. The van der Waals surface area contributed by atoms with Gasteiger partial charge in [0.2, 0.25) is 5.91 Å².